The van der Waals surface area contributed by atoms with Crippen LogP contribution in [0.5, 0.6) is 0 Å². The Hall–Kier alpha value is -1.95. The molecule has 0 unspecified atom stereocenters. The second-order valence-electron chi connectivity index (χ2n) is 6.91. The summed E-state index contributed by atoms with van der Waals surface area (Å²) in [4.78, 5) is 11.1. The molecular weight excluding hydrogens is 411 g/mol. The topological polar surface area (TPSA) is 86.7 Å². The highest BCUT2D eigenvalue weighted by atomic mass is 32.2. The molecule has 2 aliphatic heterocycles. The van der Waals surface area contributed by atoms with Gasteiger partial charge in [-0.15, -0.1) is 0 Å². The lowest BCUT2D eigenvalue weighted by atomic mass is 10.2. The zero-order valence-corrected chi connectivity index (χ0v) is 15.2. The number of rotatable bonds is 4. The van der Waals surface area contributed by atoms with Crippen LogP contribution < -0.4 is 10.2 Å². The summed E-state index contributed by atoms with van der Waals surface area (Å²) in [5.41, 5.74) is -1.59. The van der Waals surface area contributed by atoms with E-state index in [4.69, 9.17) is 5.11 Å². The van der Waals surface area contributed by atoms with Crippen LogP contribution in [0.25, 0.3) is 0 Å². The van der Waals surface area contributed by atoms with Gasteiger partial charge in [0.25, 0.3) is 5.92 Å². The second-order valence-corrected chi connectivity index (χ2v) is 9.10. The van der Waals surface area contributed by atoms with Crippen LogP contribution in [0.15, 0.2) is 23.1 Å². The molecule has 6 nitrogen and oxygen atoms in total. The predicted molar refractivity (Wildman–Crippen MR) is 88.2 cm³/mol. The smallest absolute Gasteiger partial charge is 0.417 e. The number of hydrogen-bond donors (Lipinski definition) is 2. The molecule has 0 saturated carbocycles. The lowest BCUT2D eigenvalue weighted by Crippen LogP contribution is -2.30. The summed E-state index contributed by atoms with van der Waals surface area (Å²) >= 11 is 0. The fourth-order valence-corrected chi connectivity index (χ4v) is 5.31. The lowest BCUT2D eigenvalue weighted by Gasteiger charge is -2.22. The monoisotopic (exact) mass is 428 g/mol. The molecule has 3 rings (SSSR count). The summed E-state index contributed by atoms with van der Waals surface area (Å²) < 4.78 is 92.9. The van der Waals surface area contributed by atoms with Gasteiger partial charge in [-0.2, -0.15) is 13.2 Å². The Kier molecular flexibility index (Phi) is 5.07. The van der Waals surface area contributed by atoms with Crippen LogP contribution in [-0.2, 0) is 20.8 Å². The average Bonchev–Trinajstić information content (AvgIpc) is 3.20. The number of benzene rings is 1. The minimum absolute atomic E-state index is 0.142. The van der Waals surface area contributed by atoms with Crippen LogP contribution in [0.1, 0.15) is 18.4 Å². The molecule has 2 fully saturated rings. The van der Waals surface area contributed by atoms with E-state index in [1.165, 1.54) is 0 Å². The fourth-order valence-electron chi connectivity index (χ4n) is 3.45. The van der Waals surface area contributed by atoms with E-state index < -0.39 is 62.6 Å². The summed E-state index contributed by atoms with van der Waals surface area (Å²) in [6, 6.07) is 1.23. The summed E-state index contributed by atoms with van der Waals surface area (Å²) in [7, 11) is -4.49. The number of nitrogens with one attached hydrogen (secondary N) is 1. The number of alkyl halides is 5. The van der Waals surface area contributed by atoms with Crippen molar-refractivity contribution in [2.75, 3.05) is 24.5 Å². The number of anilines is 1. The van der Waals surface area contributed by atoms with E-state index >= 15 is 0 Å². The number of halogens is 5. The molecule has 156 valence electrons. The van der Waals surface area contributed by atoms with Crippen LogP contribution in [0.2, 0.25) is 0 Å². The van der Waals surface area contributed by atoms with Gasteiger partial charge in [-0.25, -0.2) is 17.2 Å². The van der Waals surface area contributed by atoms with Gasteiger partial charge in [0, 0.05) is 25.2 Å². The molecule has 0 bridgehead atoms. The molecule has 2 N–H and O–H groups in total. The summed E-state index contributed by atoms with van der Waals surface area (Å²) in [6.07, 6.45) is -5.90. The van der Waals surface area contributed by atoms with Crippen molar-refractivity contribution in [3.05, 3.63) is 23.8 Å². The Bertz CT molecular complexity index is 888. The van der Waals surface area contributed by atoms with Gasteiger partial charge in [-0.3, -0.25) is 4.79 Å². The van der Waals surface area contributed by atoms with Gasteiger partial charge in [0.1, 0.15) is 6.04 Å². The highest BCUT2D eigenvalue weighted by Crippen LogP contribution is 2.40. The maximum Gasteiger partial charge on any atom is 0.417 e. The SMILES string of the molecule is O=C(O)[C@@H]1C[C@@H](S(=O)(=O)c2ccc(N3CCC(F)(F)C3)cc2C(F)(F)F)CN1. The first kappa shape index (κ1) is 20.8. The molecule has 2 atom stereocenters. The first-order chi connectivity index (χ1) is 12.8. The lowest BCUT2D eigenvalue weighted by molar-refractivity contribution is -0.140. The summed E-state index contributed by atoms with van der Waals surface area (Å²) in [6.45, 7) is -1.19. The van der Waals surface area contributed by atoms with Gasteiger partial charge in [-0.1, -0.05) is 0 Å². The first-order valence-corrected chi connectivity index (χ1v) is 9.90. The summed E-state index contributed by atoms with van der Waals surface area (Å²) in [5, 5.41) is 10.1. The predicted octanol–water partition coefficient (Wildman–Crippen LogP) is 2.14. The van der Waals surface area contributed by atoms with E-state index in [9.17, 15) is 35.2 Å². The maximum absolute atomic E-state index is 13.5. The van der Waals surface area contributed by atoms with Crippen molar-refractivity contribution >= 4 is 21.5 Å². The van der Waals surface area contributed by atoms with Gasteiger partial charge in [0.05, 0.1) is 22.3 Å². The Morgan fingerprint density at radius 2 is 1.96 bits per heavy atom. The quantitative estimate of drug-likeness (QED) is 0.715. The van der Waals surface area contributed by atoms with Crippen molar-refractivity contribution in [3.8, 4) is 0 Å². The third-order valence-electron chi connectivity index (χ3n) is 4.94. The van der Waals surface area contributed by atoms with E-state index in [1.54, 1.807) is 0 Å². The van der Waals surface area contributed by atoms with Crippen molar-refractivity contribution in [3.63, 3.8) is 0 Å². The van der Waals surface area contributed by atoms with Crippen LogP contribution >= 0.6 is 0 Å². The van der Waals surface area contributed by atoms with Gasteiger partial charge >= 0.3 is 12.1 Å². The maximum atomic E-state index is 13.5. The van der Waals surface area contributed by atoms with Gasteiger partial charge in [0.15, 0.2) is 9.84 Å². The van der Waals surface area contributed by atoms with E-state index in [-0.39, 0.29) is 25.2 Å². The third-order valence-corrected chi connectivity index (χ3v) is 7.14. The molecule has 0 spiro atoms. The number of hydrogen-bond acceptors (Lipinski definition) is 5. The molecule has 1 aromatic rings. The molecule has 0 aromatic heterocycles. The molecule has 0 amide bonds. The van der Waals surface area contributed by atoms with E-state index in [1.807, 2.05) is 0 Å². The molecular formula is C16H17F5N2O4S. The Balaban J connectivity index is 1.98. The van der Waals surface area contributed by atoms with Crippen molar-refractivity contribution < 1.29 is 40.3 Å². The highest BCUT2D eigenvalue weighted by Gasteiger charge is 2.44. The fraction of sp³-hybridized carbons (Fsp3) is 0.562. The first-order valence-electron chi connectivity index (χ1n) is 8.35. The highest BCUT2D eigenvalue weighted by molar-refractivity contribution is 7.92. The molecule has 1 aromatic carbocycles. The molecule has 28 heavy (non-hydrogen) atoms. The molecule has 12 heteroatoms. The Morgan fingerprint density at radius 3 is 2.46 bits per heavy atom. The zero-order chi connectivity index (χ0) is 20.9. The average molecular weight is 428 g/mol. The number of sulfone groups is 1. The number of carbonyl (C=O) groups is 1. The number of carboxylic acid groups (broad SMARTS) is 1. The van der Waals surface area contributed by atoms with E-state index in [0.29, 0.717) is 6.07 Å². The minimum atomic E-state index is -5.03. The molecule has 2 aliphatic rings. The summed E-state index contributed by atoms with van der Waals surface area (Å²) in [5.74, 6) is -4.32. The van der Waals surface area contributed by atoms with E-state index in [0.717, 1.165) is 17.0 Å². The van der Waals surface area contributed by atoms with Crippen molar-refractivity contribution in [2.45, 2.75) is 41.1 Å². The third kappa shape index (κ3) is 3.93. The zero-order valence-electron chi connectivity index (χ0n) is 14.3. The van der Waals surface area contributed by atoms with Crippen molar-refractivity contribution in [1.82, 2.24) is 5.32 Å². The van der Waals surface area contributed by atoms with Crippen molar-refractivity contribution in [1.29, 1.82) is 0 Å². The minimum Gasteiger partial charge on any atom is -0.480 e. The van der Waals surface area contributed by atoms with E-state index in [2.05, 4.69) is 5.32 Å². The van der Waals surface area contributed by atoms with Gasteiger partial charge in [-0.05, 0) is 24.6 Å². The number of nitrogens with zero attached hydrogens (tertiary/aromatic N) is 1. The van der Waals surface area contributed by atoms with Crippen LogP contribution in [0, 0.1) is 0 Å². The van der Waals surface area contributed by atoms with Gasteiger partial charge < -0.3 is 15.3 Å². The van der Waals surface area contributed by atoms with Gasteiger partial charge in [0.2, 0.25) is 0 Å². The standard InChI is InChI=1S/C16H17F5N2O4S/c17-15(18)3-4-23(8-15)9-1-2-13(11(5-9)16(19,20)21)28(26,27)10-6-12(14(24)25)22-7-10/h1-2,5,10,12,22H,3-4,6-8H2,(H,24,25)/t10-,12+/m1/s1. The van der Waals surface area contributed by atoms with Crippen LogP contribution in [-0.4, -0.2) is 56.3 Å². The van der Waals surface area contributed by atoms with Crippen molar-refractivity contribution in [2.24, 2.45) is 0 Å². The molecule has 2 heterocycles. The molecule has 2 saturated heterocycles. The largest absolute Gasteiger partial charge is 0.480 e. The number of aliphatic carboxylic acids is 1. The van der Waals surface area contributed by atoms with Crippen LogP contribution in [0.3, 0.4) is 0 Å². The Morgan fingerprint density at radius 1 is 1.29 bits per heavy atom. The molecule has 0 radical (unpaired) electrons. The van der Waals surface area contributed by atoms with Crippen LogP contribution in [0.4, 0.5) is 27.6 Å². The normalized spacial score (nSPS) is 25.2. The second kappa shape index (κ2) is 6.83. The number of carboxylic acids is 1. The Labute approximate surface area is 157 Å². The molecule has 0 aliphatic carbocycles.